The molecule has 3 N–H and O–H groups in total. The van der Waals surface area contributed by atoms with Crippen molar-refractivity contribution in [1.29, 1.82) is 0 Å². The smallest absolute Gasteiger partial charge is 0.321 e. The Kier molecular flexibility index (Phi) is 8.25. The van der Waals surface area contributed by atoms with Crippen LogP contribution in [0.1, 0.15) is 32.3 Å². The van der Waals surface area contributed by atoms with Gasteiger partial charge < -0.3 is 20.9 Å². The molecular formula is C25H32N4O3. The Hall–Kier alpha value is -3.35. The van der Waals surface area contributed by atoms with Crippen LogP contribution in [-0.2, 0) is 16.0 Å². The number of rotatable bonds is 7. The number of carbonyl (C=O) groups excluding carboxylic acids is 3. The number of hydrogen-bond donors (Lipinski definition) is 3. The van der Waals surface area contributed by atoms with Crippen LogP contribution in [0.2, 0.25) is 0 Å². The minimum Gasteiger partial charge on any atom is -0.351 e. The molecule has 2 aromatic rings. The Bertz CT molecular complexity index is 894. The standard InChI is InChI=1S/C25H32N4O3/c1-18(2)23(28-22(30)17-19-9-5-3-6-10-19)24(31)26-21-13-15-29(16-14-21)25(32)27-20-11-7-4-8-12-20/h3-12,18,21,23H,13-17H2,1-2H3,(H,26,31)(H,27,32)(H,28,30). The first-order chi connectivity index (χ1) is 15.4. The molecule has 2 aromatic carbocycles. The third-order valence-electron chi connectivity index (χ3n) is 5.63. The molecule has 0 aliphatic carbocycles. The highest BCUT2D eigenvalue weighted by Gasteiger charge is 2.29. The summed E-state index contributed by atoms with van der Waals surface area (Å²) in [4.78, 5) is 39.5. The van der Waals surface area contributed by atoms with Crippen molar-refractivity contribution >= 4 is 23.5 Å². The van der Waals surface area contributed by atoms with Gasteiger partial charge in [0.2, 0.25) is 11.8 Å². The number of amides is 4. The monoisotopic (exact) mass is 436 g/mol. The third kappa shape index (κ3) is 6.83. The Labute approximate surface area is 189 Å². The number of hydrogen-bond acceptors (Lipinski definition) is 3. The fourth-order valence-corrected chi connectivity index (χ4v) is 3.78. The summed E-state index contributed by atoms with van der Waals surface area (Å²) in [6, 6.07) is 18.1. The number of urea groups is 1. The molecule has 0 radical (unpaired) electrons. The van der Waals surface area contributed by atoms with Crippen LogP contribution in [0.15, 0.2) is 60.7 Å². The molecule has 7 heteroatoms. The molecule has 1 unspecified atom stereocenters. The molecule has 3 rings (SSSR count). The molecule has 1 aliphatic rings. The summed E-state index contributed by atoms with van der Waals surface area (Å²) in [5, 5.41) is 8.84. The van der Waals surface area contributed by atoms with E-state index in [1.54, 1.807) is 4.90 Å². The van der Waals surface area contributed by atoms with E-state index in [0.717, 1.165) is 11.3 Å². The second kappa shape index (κ2) is 11.3. The SMILES string of the molecule is CC(C)C(NC(=O)Cc1ccccc1)C(=O)NC1CCN(C(=O)Nc2ccccc2)CC1. The molecule has 0 bridgehead atoms. The number of anilines is 1. The minimum absolute atomic E-state index is 0.0180. The molecule has 1 heterocycles. The van der Waals surface area contributed by atoms with Crippen molar-refractivity contribution in [2.45, 2.75) is 45.2 Å². The van der Waals surface area contributed by atoms with Gasteiger partial charge in [0.15, 0.2) is 0 Å². The predicted molar refractivity (Wildman–Crippen MR) is 125 cm³/mol. The van der Waals surface area contributed by atoms with Gasteiger partial charge in [0, 0.05) is 24.8 Å². The summed E-state index contributed by atoms with van der Waals surface area (Å²) < 4.78 is 0. The van der Waals surface area contributed by atoms with Crippen molar-refractivity contribution in [1.82, 2.24) is 15.5 Å². The summed E-state index contributed by atoms with van der Waals surface area (Å²) >= 11 is 0. The van der Waals surface area contributed by atoms with E-state index in [1.165, 1.54) is 0 Å². The van der Waals surface area contributed by atoms with Gasteiger partial charge in [-0.2, -0.15) is 0 Å². The molecule has 170 valence electrons. The van der Waals surface area contributed by atoms with Crippen LogP contribution in [0.3, 0.4) is 0 Å². The van der Waals surface area contributed by atoms with Gasteiger partial charge in [-0.05, 0) is 36.5 Å². The van der Waals surface area contributed by atoms with Crippen LogP contribution in [0.4, 0.5) is 10.5 Å². The molecule has 32 heavy (non-hydrogen) atoms. The summed E-state index contributed by atoms with van der Waals surface area (Å²) in [7, 11) is 0. The van der Waals surface area contributed by atoms with Crippen molar-refractivity contribution in [2.75, 3.05) is 18.4 Å². The molecule has 1 saturated heterocycles. The maximum absolute atomic E-state index is 12.9. The van der Waals surface area contributed by atoms with Gasteiger partial charge in [0.25, 0.3) is 0 Å². The van der Waals surface area contributed by atoms with Crippen LogP contribution in [0.25, 0.3) is 0 Å². The number of piperidine rings is 1. The van der Waals surface area contributed by atoms with Gasteiger partial charge in [-0.25, -0.2) is 4.79 Å². The number of carbonyl (C=O) groups is 3. The van der Waals surface area contributed by atoms with E-state index in [0.29, 0.717) is 25.9 Å². The first kappa shape index (κ1) is 23.3. The van der Waals surface area contributed by atoms with Crippen molar-refractivity contribution in [3.05, 3.63) is 66.2 Å². The number of nitrogens with zero attached hydrogens (tertiary/aromatic N) is 1. The second-order valence-corrected chi connectivity index (χ2v) is 8.52. The van der Waals surface area contributed by atoms with Crippen LogP contribution in [0.5, 0.6) is 0 Å². The predicted octanol–water partition coefficient (Wildman–Crippen LogP) is 3.18. The normalized spacial score (nSPS) is 15.2. The fraction of sp³-hybridized carbons (Fsp3) is 0.400. The van der Waals surface area contributed by atoms with Gasteiger partial charge in [0.05, 0.1) is 6.42 Å². The first-order valence-electron chi connectivity index (χ1n) is 11.2. The van der Waals surface area contributed by atoms with E-state index in [2.05, 4.69) is 16.0 Å². The van der Waals surface area contributed by atoms with Crippen LogP contribution in [0, 0.1) is 5.92 Å². The van der Waals surface area contributed by atoms with Crippen molar-refractivity contribution in [3.8, 4) is 0 Å². The second-order valence-electron chi connectivity index (χ2n) is 8.52. The zero-order chi connectivity index (χ0) is 22.9. The number of para-hydroxylation sites is 1. The maximum Gasteiger partial charge on any atom is 0.321 e. The molecule has 1 fully saturated rings. The summed E-state index contributed by atoms with van der Waals surface area (Å²) in [5.74, 6) is -0.377. The molecule has 1 aliphatic heterocycles. The van der Waals surface area contributed by atoms with Gasteiger partial charge in [-0.1, -0.05) is 62.4 Å². The molecule has 0 spiro atoms. The lowest BCUT2D eigenvalue weighted by atomic mass is 10.00. The number of likely N-dealkylation sites (tertiary alicyclic amines) is 1. The van der Waals surface area contributed by atoms with Crippen molar-refractivity contribution < 1.29 is 14.4 Å². The lowest BCUT2D eigenvalue weighted by Crippen LogP contribution is -2.54. The summed E-state index contributed by atoms with van der Waals surface area (Å²) in [6.07, 6.45) is 1.60. The fourth-order valence-electron chi connectivity index (χ4n) is 3.78. The third-order valence-corrected chi connectivity index (χ3v) is 5.63. The van der Waals surface area contributed by atoms with E-state index in [-0.39, 0.29) is 36.2 Å². The molecule has 7 nitrogen and oxygen atoms in total. The van der Waals surface area contributed by atoms with Crippen molar-refractivity contribution in [3.63, 3.8) is 0 Å². The van der Waals surface area contributed by atoms with Crippen LogP contribution >= 0.6 is 0 Å². The molecular weight excluding hydrogens is 404 g/mol. The van der Waals surface area contributed by atoms with Gasteiger partial charge >= 0.3 is 6.03 Å². The lowest BCUT2D eigenvalue weighted by molar-refractivity contribution is -0.130. The van der Waals surface area contributed by atoms with Gasteiger partial charge in [0.1, 0.15) is 6.04 Å². The Balaban J connectivity index is 1.46. The Morgan fingerprint density at radius 1 is 0.938 bits per heavy atom. The minimum atomic E-state index is -0.592. The highest BCUT2D eigenvalue weighted by atomic mass is 16.2. The average molecular weight is 437 g/mol. The number of nitrogens with one attached hydrogen (secondary N) is 3. The maximum atomic E-state index is 12.9. The summed E-state index contributed by atoms with van der Waals surface area (Å²) in [5.41, 5.74) is 1.67. The Morgan fingerprint density at radius 3 is 2.12 bits per heavy atom. The summed E-state index contributed by atoms with van der Waals surface area (Å²) in [6.45, 7) is 4.97. The van der Waals surface area contributed by atoms with Crippen molar-refractivity contribution in [2.24, 2.45) is 5.92 Å². The van der Waals surface area contributed by atoms with Gasteiger partial charge in [-0.3, -0.25) is 9.59 Å². The van der Waals surface area contributed by atoms with Crippen LogP contribution in [-0.4, -0.2) is 47.9 Å². The van der Waals surface area contributed by atoms with E-state index in [1.807, 2.05) is 74.5 Å². The van der Waals surface area contributed by atoms with E-state index < -0.39 is 6.04 Å². The zero-order valence-electron chi connectivity index (χ0n) is 18.7. The van der Waals surface area contributed by atoms with E-state index in [4.69, 9.17) is 0 Å². The Morgan fingerprint density at radius 2 is 1.53 bits per heavy atom. The zero-order valence-corrected chi connectivity index (χ0v) is 18.7. The van der Waals surface area contributed by atoms with E-state index in [9.17, 15) is 14.4 Å². The molecule has 4 amide bonds. The highest BCUT2D eigenvalue weighted by molar-refractivity contribution is 5.90. The quantitative estimate of drug-likeness (QED) is 0.623. The van der Waals surface area contributed by atoms with Gasteiger partial charge in [-0.15, -0.1) is 0 Å². The molecule has 1 atom stereocenters. The number of benzene rings is 2. The largest absolute Gasteiger partial charge is 0.351 e. The van der Waals surface area contributed by atoms with Crippen LogP contribution < -0.4 is 16.0 Å². The topological polar surface area (TPSA) is 90.5 Å². The molecule has 0 saturated carbocycles. The van der Waals surface area contributed by atoms with E-state index >= 15 is 0 Å². The lowest BCUT2D eigenvalue weighted by Gasteiger charge is -2.33. The molecule has 0 aromatic heterocycles. The highest BCUT2D eigenvalue weighted by Crippen LogP contribution is 2.14. The average Bonchev–Trinajstić information content (AvgIpc) is 2.79. The first-order valence-corrected chi connectivity index (χ1v) is 11.2.